The number of methoxy groups -OCH3 is 1. The standard InChI is InChI=1S/C19H20F2N4OS2/c1-3-10-25-17(14-6-8-22-9-7-14)23-24-19(25)27-12-13-4-5-16(28-18(20)21)15(11-13)26-2/h4-9,11,18H,3,10,12H2,1-2H3. The summed E-state index contributed by atoms with van der Waals surface area (Å²) in [6.07, 6.45) is 4.42. The van der Waals surface area contributed by atoms with Gasteiger partial charge in [-0.3, -0.25) is 4.98 Å². The van der Waals surface area contributed by atoms with Gasteiger partial charge in [0.25, 0.3) is 5.76 Å². The Labute approximate surface area is 170 Å². The van der Waals surface area contributed by atoms with E-state index in [9.17, 15) is 8.78 Å². The molecule has 0 saturated heterocycles. The number of thioether (sulfide) groups is 2. The van der Waals surface area contributed by atoms with E-state index in [-0.39, 0.29) is 0 Å². The van der Waals surface area contributed by atoms with Gasteiger partial charge < -0.3 is 9.30 Å². The molecule has 28 heavy (non-hydrogen) atoms. The molecule has 3 aromatic rings. The maximum Gasteiger partial charge on any atom is 0.289 e. The molecule has 148 valence electrons. The summed E-state index contributed by atoms with van der Waals surface area (Å²) in [6.45, 7) is 2.91. The van der Waals surface area contributed by atoms with E-state index in [4.69, 9.17) is 4.74 Å². The van der Waals surface area contributed by atoms with Crippen molar-refractivity contribution in [3.63, 3.8) is 0 Å². The molecule has 1 aromatic carbocycles. The highest BCUT2D eigenvalue weighted by molar-refractivity contribution is 7.99. The monoisotopic (exact) mass is 422 g/mol. The van der Waals surface area contributed by atoms with Crippen molar-refractivity contribution >= 4 is 23.5 Å². The lowest BCUT2D eigenvalue weighted by molar-refractivity contribution is 0.251. The molecule has 0 aliphatic rings. The molecular formula is C19H20F2N4OS2. The first-order chi connectivity index (χ1) is 13.6. The van der Waals surface area contributed by atoms with E-state index in [1.54, 1.807) is 36.3 Å². The topological polar surface area (TPSA) is 52.8 Å². The SMILES string of the molecule is CCCn1c(SCc2ccc(SC(F)F)c(OC)c2)nnc1-c1ccncc1. The number of aromatic nitrogens is 4. The Hall–Kier alpha value is -2.13. The average molecular weight is 423 g/mol. The van der Waals surface area contributed by atoms with E-state index in [0.29, 0.717) is 28.2 Å². The van der Waals surface area contributed by atoms with Gasteiger partial charge >= 0.3 is 0 Å². The lowest BCUT2D eigenvalue weighted by Gasteiger charge is -2.11. The van der Waals surface area contributed by atoms with Gasteiger partial charge in [0.2, 0.25) is 0 Å². The number of halogens is 2. The fourth-order valence-electron chi connectivity index (χ4n) is 2.68. The molecule has 0 saturated carbocycles. The molecule has 0 bridgehead atoms. The minimum Gasteiger partial charge on any atom is -0.496 e. The van der Waals surface area contributed by atoms with Crippen LogP contribution in [0.1, 0.15) is 18.9 Å². The van der Waals surface area contributed by atoms with Crippen LogP contribution in [0.15, 0.2) is 52.8 Å². The Balaban J connectivity index is 1.78. The van der Waals surface area contributed by atoms with Gasteiger partial charge in [-0.05, 0) is 36.2 Å². The van der Waals surface area contributed by atoms with Gasteiger partial charge in [-0.2, -0.15) is 8.78 Å². The van der Waals surface area contributed by atoms with Crippen molar-refractivity contribution in [1.29, 1.82) is 0 Å². The average Bonchev–Trinajstić information content (AvgIpc) is 3.10. The molecule has 3 rings (SSSR count). The first-order valence-electron chi connectivity index (χ1n) is 8.70. The Kier molecular flexibility index (Phi) is 7.27. The van der Waals surface area contributed by atoms with E-state index in [0.717, 1.165) is 35.1 Å². The second-order valence-corrected chi connectivity index (χ2v) is 7.82. The molecule has 2 heterocycles. The number of hydrogen-bond donors (Lipinski definition) is 0. The zero-order valence-electron chi connectivity index (χ0n) is 15.5. The van der Waals surface area contributed by atoms with Crippen LogP contribution in [0.4, 0.5) is 8.78 Å². The lowest BCUT2D eigenvalue weighted by atomic mass is 10.2. The minimum atomic E-state index is -2.48. The van der Waals surface area contributed by atoms with Crippen molar-refractivity contribution in [1.82, 2.24) is 19.7 Å². The van der Waals surface area contributed by atoms with Crippen molar-refractivity contribution in [3.8, 4) is 17.1 Å². The molecule has 5 nitrogen and oxygen atoms in total. The number of ether oxygens (including phenoxy) is 1. The third kappa shape index (κ3) is 5.02. The van der Waals surface area contributed by atoms with Crippen molar-refractivity contribution in [2.45, 2.75) is 41.5 Å². The van der Waals surface area contributed by atoms with E-state index < -0.39 is 5.76 Å². The van der Waals surface area contributed by atoms with Crippen LogP contribution in [0.3, 0.4) is 0 Å². The lowest BCUT2D eigenvalue weighted by Crippen LogP contribution is -2.02. The highest BCUT2D eigenvalue weighted by Gasteiger charge is 2.15. The molecule has 0 aliphatic heterocycles. The highest BCUT2D eigenvalue weighted by Crippen LogP contribution is 2.35. The van der Waals surface area contributed by atoms with Crippen molar-refractivity contribution in [2.24, 2.45) is 0 Å². The summed E-state index contributed by atoms with van der Waals surface area (Å²) in [4.78, 5) is 4.48. The van der Waals surface area contributed by atoms with E-state index in [1.807, 2.05) is 18.2 Å². The van der Waals surface area contributed by atoms with Gasteiger partial charge in [0.05, 0.1) is 12.0 Å². The van der Waals surface area contributed by atoms with Gasteiger partial charge in [-0.25, -0.2) is 0 Å². The molecular weight excluding hydrogens is 402 g/mol. The fourth-order valence-corrected chi connectivity index (χ4v) is 4.18. The molecule has 0 aliphatic carbocycles. The third-order valence-corrected chi connectivity index (χ3v) is 5.72. The number of nitrogens with zero attached hydrogens (tertiary/aromatic N) is 4. The number of alkyl halides is 2. The normalized spacial score (nSPS) is 11.2. The number of pyridine rings is 1. The first-order valence-corrected chi connectivity index (χ1v) is 10.6. The van der Waals surface area contributed by atoms with Crippen LogP contribution in [-0.4, -0.2) is 32.6 Å². The molecule has 0 radical (unpaired) electrons. The van der Waals surface area contributed by atoms with Gasteiger partial charge in [0.15, 0.2) is 11.0 Å². The summed E-state index contributed by atoms with van der Waals surface area (Å²) in [6, 6.07) is 9.13. The zero-order chi connectivity index (χ0) is 19.9. The fraction of sp³-hybridized carbons (Fsp3) is 0.316. The van der Waals surface area contributed by atoms with Gasteiger partial charge in [-0.15, -0.1) is 10.2 Å². The highest BCUT2D eigenvalue weighted by atomic mass is 32.2. The number of hydrogen-bond acceptors (Lipinski definition) is 6. The Bertz CT molecular complexity index is 906. The summed E-state index contributed by atoms with van der Waals surface area (Å²) in [5.74, 6) is -0.578. The smallest absolute Gasteiger partial charge is 0.289 e. The molecule has 9 heteroatoms. The van der Waals surface area contributed by atoms with E-state index in [1.165, 1.54) is 7.11 Å². The summed E-state index contributed by atoms with van der Waals surface area (Å²) >= 11 is 2.04. The molecule has 0 atom stereocenters. The van der Waals surface area contributed by atoms with Crippen LogP contribution in [-0.2, 0) is 12.3 Å². The molecule has 2 aromatic heterocycles. The molecule has 0 amide bonds. The Morgan fingerprint density at radius 2 is 1.93 bits per heavy atom. The van der Waals surface area contributed by atoms with Crippen LogP contribution in [0.2, 0.25) is 0 Å². The maximum absolute atomic E-state index is 12.6. The van der Waals surface area contributed by atoms with Crippen LogP contribution in [0.5, 0.6) is 5.75 Å². The van der Waals surface area contributed by atoms with Gasteiger partial charge in [-0.1, -0.05) is 36.5 Å². The minimum absolute atomic E-state index is 0.431. The zero-order valence-corrected chi connectivity index (χ0v) is 17.1. The van der Waals surface area contributed by atoms with Gasteiger partial charge in [0.1, 0.15) is 5.75 Å². The van der Waals surface area contributed by atoms with Crippen LogP contribution < -0.4 is 4.74 Å². The first kappa shape index (κ1) is 20.6. The van der Waals surface area contributed by atoms with Gasteiger partial charge in [0, 0.05) is 30.3 Å². The maximum atomic E-state index is 12.6. The van der Waals surface area contributed by atoms with E-state index in [2.05, 4.69) is 26.7 Å². The summed E-state index contributed by atoms with van der Waals surface area (Å²) in [5, 5.41) is 9.52. The quantitative estimate of drug-likeness (QED) is 0.433. The predicted molar refractivity (Wildman–Crippen MR) is 108 cm³/mol. The second kappa shape index (κ2) is 9.88. The summed E-state index contributed by atoms with van der Waals surface area (Å²) < 4.78 is 32.7. The summed E-state index contributed by atoms with van der Waals surface area (Å²) in [7, 11) is 1.49. The molecule has 0 spiro atoms. The number of rotatable bonds is 9. The third-order valence-electron chi connectivity index (χ3n) is 3.91. The predicted octanol–water partition coefficient (Wildman–Crippen LogP) is 5.37. The van der Waals surface area contributed by atoms with Crippen molar-refractivity contribution < 1.29 is 13.5 Å². The van der Waals surface area contributed by atoms with Crippen molar-refractivity contribution in [3.05, 3.63) is 48.3 Å². The van der Waals surface area contributed by atoms with Crippen LogP contribution in [0, 0.1) is 0 Å². The number of benzene rings is 1. The summed E-state index contributed by atoms with van der Waals surface area (Å²) in [5.41, 5.74) is 1.94. The Morgan fingerprint density at radius 1 is 1.14 bits per heavy atom. The van der Waals surface area contributed by atoms with E-state index >= 15 is 0 Å². The van der Waals surface area contributed by atoms with Crippen molar-refractivity contribution in [2.75, 3.05) is 7.11 Å². The second-order valence-electron chi connectivity index (χ2n) is 5.85. The van der Waals surface area contributed by atoms with Crippen LogP contribution >= 0.6 is 23.5 Å². The molecule has 0 N–H and O–H groups in total. The molecule has 0 unspecified atom stereocenters. The molecule has 0 fully saturated rings. The largest absolute Gasteiger partial charge is 0.496 e. The Morgan fingerprint density at radius 3 is 2.61 bits per heavy atom. The van der Waals surface area contributed by atoms with Crippen LogP contribution in [0.25, 0.3) is 11.4 Å².